The van der Waals surface area contributed by atoms with E-state index < -0.39 is 0 Å². The number of hydrogen-bond donors (Lipinski definition) is 0. The summed E-state index contributed by atoms with van der Waals surface area (Å²) in [6.45, 7) is 6.22. The molecule has 1 aromatic heterocycles. The van der Waals surface area contributed by atoms with Crippen LogP contribution in [0.1, 0.15) is 29.8 Å². The van der Waals surface area contributed by atoms with Crippen LogP contribution in [0.25, 0.3) is 23.0 Å². The molecule has 0 unspecified atom stereocenters. The number of aromatic nitrogens is 3. The van der Waals surface area contributed by atoms with Crippen molar-refractivity contribution in [3.8, 4) is 22.7 Å². The third-order valence-corrected chi connectivity index (χ3v) is 5.72. The zero-order valence-corrected chi connectivity index (χ0v) is 19.7. The first-order chi connectivity index (χ1) is 16.6. The van der Waals surface area contributed by atoms with Crippen molar-refractivity contribution in [2.75, 3.05) is 25.1 Å². The molecule has 0 saturated heterocycles. The molecule has 0 fully saturated rings. The molecule has 6 nitrogen and oxygen atoms in total. The van der Waals surface area contributed by atoms with Gasteiger partial charge in [0, 0.05) is 29.9 Å². The SMILES string of the molecule is CCN(CC)c1ccc(/C=C/C(=O)c2cccc(-n3cc(-c4ccc(OC)cc4)nn3)c2)cc1. The van der Waals surface area contributed by atoms with E-state index in [1.165, 1.54) is 5.69 Å². The van der Waals surface area contributed by atoms with Gasteiger partial charge in [-0.05, 0) is 74.0 Å². The molecule has 172 valence electrons. The number of allylic oxidation sites excluding steroid dienone is 1. The number of anilines is 1. The average molecular weight is 453 g/mol. The fraction of sp³-hybridized carbons (Fsp3) is 0.179. The summed E-state index contributed by atoms with van der Waals surface area (Å²) in [6, 6.07) is 23.3. The van der Waals surface area contributed by atoms with Crippen LogP contribution in [-0.2, 0) is 0 Å². The van der Waals surface area contributed by atoms with Crippen LogP contribution >= 0.6 is 0 Å². The van der Waals surface area contributed by atoms with E-state index in [1.54, 1.807) is 23.9 Å². The van der Waals surface area contributed by atoms with Crippen molar-refractivity contribution in [1.29, 1.82) is 0 Å². The standard InChI is InChI=1S/C28H28N4O2/c1-4-31(5-2)24-14-9-21(10-15-24)11-18-28(33)23-7-6-8-25(19-23)32-20-27(29-30-32)22-12-16-26(34-3)17-13-22/h6-20H,4-5H2,1-3H3/b18-11+. The lowest BCUT2D eigenvalue weighted by atomic mass is 10.1. The van der Waals surface area contributed by atoms with Crippen molar-refractivity contribution in [2.45, 2.75) is 13.8 Å². The Morgan fingerprint density at radius 3 is 2.41 bits per heavy atom. The molecule has 0 bridgehead atoms. The smallest absolute Gasteiger partial charge is 0.185 e. The topological polar surface area (TPSA) is 60.2 Å². The minimum Gasteiger partial charge on any atom is -0.497 e. The highest BCUT2D eigenvalue weighted by atomic mass is 16.5. The van der Waals surface area contributed by atoms with Gasteiger partial charge in [0.1, 0.15) is 11.4 Å². The predicted octanol–water partition coefficient (Wildman–Crippen LogP) is 5.69. The Bertz CT molecular complexity index is 1270. The van der Waals surface area contributed by atoms with Gasteiger partial charge in [-0.2, -0.15) is 0 Å². The van der Waals surface area contributed by atoms with E-state index >= 15 is 0 Å². The van der Waals surface area contributed by atoms with Crippen molar-refractivity contribution in [3.05, 3.63) is 96.2 Å². The molecule has 0 spiro atoms. The Balaban J connectivity index is 1.48. The molecule has 1 heterocycles. The van der Waals surface area contributed by atoms with E-state index in [9.17, 15) is 4.79 Å². The predicted molar refractivity (Wildman–Crippen MR) is 137 cm³/mol. The maximum atomic E-state index is 12.8. The third kappa shape index (κ3) is 5.23. The molecule has 0 amide bonds. The minimum absolute atomic E-state index is 0.0647. The van der Waals surface area contributed by atoms with Gasteiger partial charge in [-0.1, -0.05) is 35.6 Å². The molecular formula is C28H28N4O2. The normalized spacial score (nSPS) is 11.0. The summed E-state index contributed by atoms with van der Waals surface area (Å²) in [5.41, 5.74) is 5.22. The highest BCUT2D eigenvalue weighted by Crippen LogP contribution is 2.21. The lowest BCUT2D eigenvalue weighted by Crippen LogP contribution is -2.21. The zero-order valence-electron chi connectivity index (χ0n) is 19.7. The van der Waals surface area contributed by atoms with E-state index in [4.69, 9.17) is 4.74 Å². The van der Waals surface area contributed by atoms with Crippen LogP contribution in [0.5, 0.6) is 5.75 Å². The van der Waals surface area contributed by atoms with Gasteiger partial charge in [-0.3, -0.25) is 4.79 Å². The number of ether oxygens (including phenoxy) is 1. The van der Waals surface area contributed by atoms with Crippen LogP contribution in [0.15, 0.2) is 85.1 Å². The first-order valence-corrected chi connectivity index (χ1v) is 11.4. The first kappa shape index (κ1) is 23.0. The van der Waals surface area contributed by atoms with Crippen molar-refractivity contribution in [1.82, 2.24) is 15.0 Å². The Labute approximate surface area is 200 Å². The monoisotopic (exact) mass is 452 g/mol. The van der Waals surface area contributed by atoms with Crippen LogP contribution in [0.2, 0.25) is 0 Å². The van der Waals surface area contributed by atoms with E-state index in [1.807, 2.05) is 66.9 Å². The average Bonchev–Trinajstić information content (AvgIpc) is 3.39. The van der Waals surface area contributed by atoms with Gasteiger partial charge >= 0.3 is 0 Å². The van der Waals surface area contributed by atoms with Gasteiger partial charge in [0.05, 0.1) is 19.0 Å². The summed E-state index contributed by atoms with van der Waals surface area (Å²) in [5.74, 6) is 0.723. The van der Waals surface area contributed by atoms with Crippen molar-refractivity contribution < 1.29 is 9.53 Å². The van der Waals surface area contributed by atoms with Gasteiger partial charge in [-0.25, -0.2) is 4.68 Å². The van der Waals surface area contributed by atoms with E-state index in [0.29, 0.717) is 5.56 Å². The van der Waals surface area contributed by atoms with Gasteiger partial charge in [0.15, 0.2) is 5.78 Å². The van der Waals surface area contributed by atoms with Gasteiger partial charge < -0.3 is 9.64 Å². The second-order valence-corrected chi connectivity index (χ2v) is 7.79. The van der Waals surface area contributed by atoms with E-state index in [-0.39, 0.29) is 5.78 Å². The first-order valence-electron chi connectivity index (χ1n) is 11.4. The number of carbonyl (C=O) groups excluding carboxylic acids is 1. The molecule has 4 rings (SSSR count). The van der Waals surface area contributed by atoms with Gasteiger partial charge in [0.25, 0.3) is 0 Å². The maximum Gasteiger partial charge on any atom is 0.185 e. The largest absolute Gasteiger partial charge is 0.497 e. The number of rotatable bonds is 9. The fourth-order valence-corrected chi connectivity index (χ4v) is 3.74. The Morgan fingerprint density at radius 1 is 1.00 bits per heavy atom. The molecule has 0 atom stereocenters. The molecule has 0 aliphatic carbocycles. The van der Waals surface area contributed by atoms with Crippen molar-refractivity contribution in [3.63, 3.8) is 0 Å². The lowest BCUT2D eigenvalue weighted by Gasteiger charge is -2.20. The Kier molecular flexibility index (Phi) is 7.18. The minimum atomic E-state index is -0.0647. The summed E-state index contributed by atoms with van der Waals surface area (Å²) >= 11 is 0. The lowest BCUT2D eigenvalue weighted by molar-refractivity contribution is 0.104. The summed E-state index contributed by atoms with van der Waals surface area (Å²) in [5, 5.41) is 8.51. The second kappa shape index (κ2) is 10.6. The van der Waals surface area contributed by atoms with Crippen LogP contribution in [0.3, 0.4) is 0 Å². The molecule has 0 aliphatic heterocycles. The van der Waals surface area contributed by atoms with Gasteiger partial charge in [0.2, 0.25) is 0 Å². The molecule has 0 N–H and O–H groups in total. The number of methoxy groups -OCH3 is 1. The van der Waals surface area contributed by atoms with E-state index in [2.05, 4.69) is 41.2 Å². The quantitative estimate of drug-likeness (QED) is 0.241. The second-order valence-electron chi connectivity index (χ2n) is 7.79. The molecule has 0 saturated carbocycles. The van der Waals surface area contributed by atoms with Crippen LogP contribution in [0, 0.1) is 0 Å². The summed E-state index contributed by atoms with van der Waals surface area (Å²) in [6.07, 6.45) is 5.30. The summed E-state index contributed by atoms with van der Waals surface area (Å²) < 4.78 is 6.88. The third-order valence-electron chi connectivity index (χ3n) is 5.72. The van der Waals surface area contributed by atoms with Crippen LogP contribution < -0.4 is 9.64 Å². The zero-order chi connectivity index (χ0) is 23.9. The summed E-state index contributed by atoms with van der Waals surface area (Å²) in [7, 11) is 1.64. The number of nitrogens with zero attached hydrogens (tertiary/aromatic N) is 4. The molecule has 4 aromatic rings. The van der Waals surface area contributed by atoms with Gasteiger partial charge in [-0.15, -0.1) is 5.10 Å². The Morgan fingerprint density at radius 2 is 1.74 bits per heavy atom. The molecule has 3 aromatic carbocycles. The highest BCUT2D eigenvalue weighted by molar-refractivity contribution is 6.07. The molecular weight excluding hydrogens is 424 g/mol. The number of carbonyl (C=O) groups is 1. The number of ketones is 1. The number of hydrogen-bond acceptors (Lipinski definition) is 5. The highest BCUT2D eigenvalue weighted by Gasteiger charge is 2.09. The summed E-state index contributed by atoms with van der Waals surface area (Å²) in [4.78, 5) is 15.1. The van der Waals surface area contributed by atoms with Crippen molar-refractivity contribution in [2.24, 2.45) is 0 Å². The van der Waals surface area contributed by atoms with E-state index in [0.717, 1.165) is 41.3 Å². The Hall–Kier alpha value is -4.19. The maximum absolute atomic E-state index is 12.8. The fourth-order valence-electron chi connectivity index (χ4n) is 3.74. The molecule has 0 radical (unpaired) electrons. The molecule has 34 heavy (non-hydrogen) atoms. The number of benzene rings is 3. The van der Waals surface area contributed by atoms with Crippen molar-refractivity contribution >= 4 is 17.5 Å². The molecule has 6 heteroatoms. The van der Waals surface area contributed by atoms with Crippen LogP contribution in [-0.4, -0.2) is 41.0 Å². The molecule has 0 aliphatic rings. The van der Waals surface area contributed by atoms with Crippen LogP contribution in [0.4, 0.5) is 5.69 Å².